The molecule has 0 spiro atoms. The van der Waals surface area contributed by atoms with Gasteiger partial charge in [0.1, 0.15) is 5.82 Å². The number of aryl methyl sites for hydroxylation is 1. The largest absolute Gasteiger partial charge is 0.461 e. The van der Waals surface area contributed by atoms with Gasteiger partial charge < -0.3 is 4.74 Å². The van der Waals surface area contributed by atoms with Crippen LogP contribution in [-0.4, -0.2) is 22.5 Å². The summed E-state index contributed by atoms with van der Waals surface area (Å²) in [6.45, 7) is 4.41. The summed E-state index contributed by atoms with van der Waals surface area (Å²) in [5.74, 6) is 1.21. The van der Waals surface area contributed by atoms with Gasteiger partial charge in [-0.15, -0.1) is 0 Å². The molecule has 2 rings (SSSR count). The summed E-state index contributed by atoms with van der Waals surface area (Å²) in [7, 11) is 0. The Morgan fingerprint density at radius 2 is 2.22 bits per heavy atom. The van der Waals surface area contributed by atoms with E-state index in [2.05, 4.69) is 29.0 Å². The minimum Gasteiger partial charge on any atom is -0.461 e. The molecule has 0 radical (unpaired) electrons. The summed E-state index contributed by atoms with van der Waals surface area (Å²) >= 11 is 0. The molecule has 0 N–H and O–H groups in total. The predicted molar refractivity (Wildman–Crippen MR) is 68.1 cm³/mol. The molecule has 0 fully saturated rings. The first-order valence-corrected chi connectivity index (χ1v) is 6.28. The number of rotatable bonds is 3. The second-order valence-electron chi connectivity index (χ2n) is 4.77. The Labute approximate surface area is 107 Å². The molecule has 4 nitrogen and oxygen atoms in total. The van der Waals surface area contributed by atoms with Crippen LogP contribution in [0.2, 0.25) is 0 Å². The van der Waals surface area contributed by atoms with E-state index < -0.39 is 0 Å². The van der Waals surface area contributed by atoms with Crippen molar-refractivity contribution < 1.29 is 9.53 Å². The molecule has 1 heterocycles. The van der Waals surface area contributed by atoms with Gasteiger partial charge in [-0.1, -0.05) is 19.1 Å². The van der Waals surface area contributed by atoms with Crippen LogP contribution >= 0.6 is 0 Å². The normalized spacial score (nSPS) is 22.8. The summed E-state index contributed by atoms with van der Waals surface area (Å²) in [6, 6.07) is 1.58. The number of aromatic nitrogens is 2. The second-order valence-corrected chi connectivity index (χ2v) is 4.77. The molecule has 2 atom stereocenters. The van der Waals surface area contributed by atoms with Crippen molar-refractivity contribution in [2.45, 2.75) is 26.7 Å². The zero-order valence-electron chi connectivity index (χ0n) is 10.8. The van der Waals surface area contributed by atoms with Crippen molar-refractivity contribution in [2.24, 2.45) is 11.8 Å². The molecule has 0 saturated carbocycles. The molecule has 4 heteroatoms. The zero-order chi connectivity index (χ0) is 13.0. The van der Waals surface area contributed by atoms with Gasteiger partial charge in [0.05, 0.1) is 6.61 Å². The molecular formula is C14H18N2O2. The molecule has 1 aliphatic rings. The SMILES string of the molecule is Cc1nccc(C(=O)OC[C@H]2CC=CC[C@@H]2C)n1. The van der Waals surface area contributed by atoms with Crippen molar-refractivity contribution in [3.63, 3.8) is 0 Å². The highest BCUT2D eigenvalue weighted by atomic mass is 16.5. The summed E-state index contributed by atoms with van der Waals surface area (Å²) in [6.07, 6.45) is 7.97. The van der Waals surface area contributed by atoms with E-state index in [4.69, 9.17) is 4.74 Å². The van der Waals surface area contributed by atoms with Gasteiger partial charge in [-0.25, -0.2) is 14.8 Å². The average molecular weight is 246 g/mol. The molecule has 0 bridgehead atoms. The minimum atomic E-state index is -0.359. The first-order valence-electron chi connectivity index (χ1n) is 6.28. The quantitative estimate of drug-likeness (QED) is 0.607. The van der Waals surface area contributed by atoms with E-state index in [-0.39, 0.29) is 5.97 Å². The van der Waals surface area contributed by atoms with Crippen LogP contribution in [0.4, 0.5) is 0 Å². The number of carbonyl (C=O) groups is 1. The number of ether oxygens (including phenoxy) is 1. The Hall–Kier alpha value is -1.71. The Morgan fingerprint density at radius 3 is 2.94 bits per heavy atom. The van der Waals surface area contributed by atoms with Crippen LogP contribution in [0.25, 0.3) is 0 Å². The third-order valence-corrected chi connectivity index (χ3v) is 3.33. The van der Waals surface area contributed by atoms with E-state index >= 15 is 0 Å². The molecule has 0 unspecified atom stereocenters. The number of carbonyl (C=O) groups excluding carboxylic acids is 1. The van der Waals surface area contributed by atoms with Gasteiger partial charge in [-0.2, -0.15) is 0 Å². The molecule has 96 valence electrons. The molecular weight excluding hydrogens is 228 g/mol. The standard InChI is InChI=1S/C14H18N2O2/c1-10-5-3-4-6-12(10)9-18-14(17)13-7-8-15-11(2)16-13/h3-4,7-8,10,12H,5-6,9H2,1-2H3/t10-,12+/m0/s1. The van der Waals surface area contributed by atoms with Crippen molar-refractivity contribution in [1.29, 1.82) is 0 Å². The molecule has 18 heavy (non-hydrogen) atoms. The van der Waals surface area contributed by atoms with Crippen LogP contribution in [0, 0.1) is 18.8 Å². The number of esters is 1. The second kappa shape index (κ2) is 5.76. The number of hydrogen-bond acceptors (Lipinski definition) is 4. The highest BCUT2D eigenvalue weighted by Gasteiger charge is 2.20. The highest BCUT2D eigenvalue weighted by Crippen LogP contribution is 2.25. The van der Waals surface area contributed by atoms with Crippen molar-refractivity contribution in [1.82, 2.24) is 9.97 Å². The van der Waals surface area contributed by atoms with Crippen LogP contribution in [0.5, 0.6) is 0 Å². The van der Waals surface area contributed by atoms with Gasteiger partial charge in [0.2, 0.25) is 0 Å². The lowest BCUT2D eigenvalue weighted by Gasteiger charge is -2.24. The highest BCUT2D eigenvalue weighted by molar-refractivity contribution is 5.87. The van der Waals surface area contributed by atoms with Crippen LogP contribution in [0.15, 0.2) is 24.4 Å². The lowest BCUT2D eigenvalue weighted by atomic mass is 9.85. The maximum Gasteiger partial charge on any atom is 0.357 e. The molecule has 0 amide bonds. The predicted octanol–water partition coefficient (Wildman–Crippen LogP) is 2.54. The fourth-order valence-electron chi connectivity index (χ4n) is 2.07. The fraction of sp³-hybridized carbons (Fsp3) is 0.500. The topological polar surface area (TPSA) is 52.1 Å². The lowest BCUT2D eigenvalue weighted by Crippen LogP contribution is -2.22. The van der Waals surface area contributed by atoms with Crippen molar-refractivity contribution in [3.05, 3.63) is 35.9 Å². The van der Waals surface area contributed by atoms with E-state index in [9.17, 15) is 4.79 Å². The van der Waals surface area contributed by atoms with E-state index in [0.29, 0.717) is 30.0 Å². The zero-order valence-corrected chi connectivity index (χ0v) is 10.8. The van der Waals surface area contributed by atoms with Crippen molar-refractivity contribution in [2.75, 3.05) is 6.61 Å². The summed E-state index contributed by atoms with van der Waals surface area (Å²) in [4.78, 5) is 19.8. The third-order valence-electron chi connectivity index (χ3n) is 3.33. The summed E-state index contributed by atoms with van der Waals surface area (Å²) in [5, 5.41) is 0. The molecule has 0 aromatic carbocycles. The Morgan fingerprint density at radius 1 is 1.44 bits per heavy atom. The lowest BCUT2D eigenvalue weighted by molar-refractivity contribution is 0.0388. The Kier molecular flexibility index (Phi) is 4.07. The molecule has 0 saturated heterocycles. The first kappa shape index (κ1) is 12.7. The van der Waals surface area contributed by atoms with Crippen LogP contribution in [-0.2, 0) is 4.74 Å². The third kappa shape index (κ3) is 3.15. The molecule has 0 aliphatic heterocycles. The molecule has 1 aromatic heterocycles. The smallest absolute Gasteiger partial charge is 0.357 e. The van der Waals surface area contributed by atoms with Crippen LogP contribution < -0.4 is 0 Å². The molecule has 1 aromatic rings. The maximum atomic E-state index is 11.8. The van der Waals surface area contributed by atoms with Gasteiger partial charge >= 0.3 is 5.97 Å². The monoisotopic (exact) mass is 246 g/mol. The van der Waals surface area contributed by atoms with Crippen LogP contribution in [0.1, 0.15) is 36.1 Å². The van der Waals surface area contributed by atoms with Gasteiger partial charge in [0.25, 0.3) is 0 Å². The van der Waals surface area contributed by atoms with E-state index in [0.717, 1.165) is 12.8 Å². The van der Waals surface area contributed by atoms with Crippen molar-refractivity contribution >= 4 is 5.97 Å². The number of allylic oxidation sites excluding steroid dienone is 2. The molecule has 1 aliphatic carbocycles. The Bertz CT molecular complexity index is 457. The summed E-state index contributed by atoms with van der Waals surface area (Å²) < 4.78 is 5.33. The summed E-state index contributed by atoms with van der Waals surface area (Å²) in [5.41, 5.74) is 0.335. The minimum absolute atomic E-state index is 0.335. The first-order chi connectivity index (χ1) is 8.66. The maximum absolute atomic E-state index is 11.8. The van der Waals surface area contributed by atoms with E-state index in [1.807, 2.05) is 0 Å². The van der Waals surface area contributed by atoms with Crippen LogP contribution in [0.3, 0.4) is 0 Å². The number of hydrogen-bond donors (Lipinski definition) is 0. The van der Waals surface area contributed by atoms with Gasteiger partial charge in [0, 0.05) is 6.20 Å². The number of nitrogens with zero attached hydrogens (tertiary/aromatic N) is 2. The Balaban J connectivity index is 1.90. The van der Waals surface area contributed by atoms with Gasteiger partial charge in [0.15, 0.2) is 5.69 Å². The average Bonchev–Trinajstić information content (AvgIpc) is 2.37. The van der Waals surface area contributed by atoms with E-state index in [1.165, 1.54) is 0 Å². The van der Waals surface area contributed by atoms with E-state index in [1.54, 1.807) is 19.2 Å². The van der Waals surface area contributed by atoms with Gasteiger partial charge in [-0.3, -0.25) is 0 Å². The van der Waals surface area contributed by atoms with Crippen molar-refractivity contribution in [3.8, 4) is 0 Å². The fourth-order valence-corrected chi connectivity index (χ4v) is 2.07. The van der Waals surface area contributed by atoms with Gasteiger partial charge in [-0.05, 0) is 37.7 Å².